The van der Waals surface area contributed by atoms with Gasteiger partial charge in [-0.2, -0.15) is 0 Å². The summed E-state index contributed by atoms with van der Waals surface area (Å²) in [4.78, 5) is 27.1. The third-order valence-corrected chi connectivity index (χ3v) is 7.91. The van der Waals surface area contributed by atoms with Gasteiger partial charge >= 0.3 is 0 Å². The van der Waals surface area contributed by atoms with E-state index in [1.807, 2.05) is 33.8 Å². The van der Waals surface area contributed by atoms with Gasteiger partial charge in [-0.3, -0.25) is 9.59 Å². The molecule has 4 rings (SSSR count). The van der Waals surface area contributed by atoms with Gasteiger partial charge < -0.3 is 19.3 Å². The van der Waals surface area contributed by atoms with Gasteiger partial charge in [-0.15, -0.1) is 0 Å². The van der Waals surface area contributed by atoms with Crippen molar-refractivity contribution >= 4 is 11.6 Å². The highest BCUT2D eigenvalue weighted by atomic mass is 16.6. The normalized spacial score (nSPS) is 48.8. The van der Waals surface area contributed by atoms with Crippen LogP contribution in [0.2, 0.25) is 0 Å². The maximum absolute atomic E-state index is 13.6. The lowest BCUT2D eigenvalue weighted by molar-refractivity contribution is -0.175. The maximum atomic E-state index is 13.6. The zero-order valence-corrected chi connectivity index (χ0v) is 16.7. The average molecular weight is 376 g/mol. The van der Waals surface area contributed by atoms with Gasteiger partial charge in [0.25, 0.3) is 0 Å². The molecule has 0 unspecified atom stereocenters. The standard InChI is InChI=1S/C21H28O6/c1-9-7-12(25-5)18(23)20(3)11(9)8-13-21(4)14(19(24)27-13)10(2)16(26-6)15(22)17(20)21/h7,9,11,13-14,17,19,24H,8H2,1-6H3/t9-,11+,13-,14-,17-,19-,20+,21+/m1/s1. The number of Topliss-reactive ketones (excluding diaryl/α,β-unsaturated/α-hetero) is 2. The molecule has 148 valence electrons. The summed E-state index contributed by atoms with van der Waals surface area (Å²) in [5.41, 5.74) is -0.894. The van der Waals surface area contributed by atoms with Crippen molar-refractivity contribution in [2.75, 3.05) is 14.2 Å². The summed E-state index contributed by atoms with van der Waals surface area (Å²) < 4.78 is 16.8. The van der Waals surface area contributed by atoms with Crippen molar-refractivity contribution in [2.45, 2.75) is 46.5 Å². The molecular formula is C21H28O6. The van der Waals surface area contributed by atoms with Crippen LogP contribution in [0.3, 0.4) is 0 Å². The van der Waals surface area contributed by atoms with Crippen LogP contribution in [0.5, 0.6) is 0 Å². The van der Waals surface area contributed by atoms with Crippen LogP contribution in [-0.2, 0) is 23.8 Å². The Labute approximate surface area is 159 Å². The molecule has 3 aliphatic carbocycles. The summed E-state index contributed by atoms with van der Waals surface area (Å²) in [5.74, 6) is -0.765. The van der Waals surface area contributed by atoms with Crippen molar-refractivity contribution in [1.82, 2.24) is 0 Å². The van der Waals surface area contributed by atoms with Crippen LogP contribution < -0.4 is 0 Å². The summed E-state index contributed by atoms with van der Waals surface area (Å²) in [6.07, 6.45) is 1.18. The van der Waals surface area contributed by atoms with Crippen LogP contribution in [0.15, 0.2) is 23.2 Å². The first-order valence-corrected chi connectivity index (χ1v) is 9.57. The van der Waals surface area contributed by atoms with E-state index in [1.165, 1.54) is 14.2 Å². The van der Waals surface area contributed by atoms with E-state index in [0.717, 1.165) is 0 Å². The van der Waals surface area contributed by atoms with Gasteiger partial charge in [0.05, 0.1) is 20.3 Å². The summed E-state index contributed by atoms with van der Waals surface area (Å²) in [6.45, 7) is 7.74. The topological polar surface area (TPSA) is 82.1 Å². The smallest absolute Gasteiger partial charge is 0.203 e. The Kier molecular flexibility index (Phi) is 3.93. The van der Waals surface area contributed by atoms with E-state index in [0.29, 0.717) is 17.8 Å². The fourth-order valence-corrected chi connectivity index (χ4v) is 6.79. The molecule has 2 fully saturated rings. The minimum Gasteiger partial charge on any atom is -0.493 e. The molecule has 6 heteroatoms. The molecule has 8 atom stereocenters. The van der Waals surface area contributed by atoms with Crippen molar-refractivity contribution in [3.63, 3.8) is 0 Å². The first-order valence-electron chi connectivity index (χ1n) is 9.57. The van der Waals surface area contributed by atoms with E-state index < -0.39 is 23.0 Å². The number of fused-ring (bicyclic) bond motifs is 2. The van der Waals surface area contributed by atoms with E-state index in [-0.39, 0.29) is 41.2 Å². The minimum atomic E-state index is -1.01. The number of ether oxygens (including phenoxy) is 3. The Morgan fingerprint density at radius 1 is 1.22 bits per heavy atom. The molecule has 1 heterocycles. The first-order chi connectivity index (χ1) is 12.6. The molecule has 0 bridgehead atoms. The predicted molar refractivity (Wildman–Crippen MR) is 96.2 cm³/mol. The number of allylic oxidation sites excluding steroid dienone is 3. The monoisotopic (exact) mass is 376 g/mol. The van der Waals surface area contributed by atoms with E-state index in [9.17, 15) is 14.7 Å². The average Bonchev–Trinajstić information content (AvgIpc) is 2.86. The van der Waals surface area contributed by atoms with Gasteiger partial charge in [-0.1, -0.05) is 20.8 Å². The zero-order valence-electron chi connectivity index (χ0n) is 16.7. The fourth-order valence-electron chi connectivity index (χ4n) is 6.79. The molecule has 27 heavy (non-hydrogen) atoms. The third-order valence-electron chi connectivity index (χ3n) is 7.91. The lowest BCUT2D eigenvalue weighted by Gasteiger charge is -2.60. The van der Waals surface area contributed by atoms with Gasteiger partial charge in [0.15, 0.2) is 17.8 Å². The molecule has 0 spiro atoms. The van der Waals surface area contributed by atoms with E-state index in [1.54, 1.807) is 0 Å². The van der Waals surface area contributed by atoms with E-state index in [4.69, 9.17) is 14.2 Å². The molecule has 0 aromatic carbocycles. The van der Waals surface area contributed by atoms with Gasteiger partial charge in [-0.05, 0) is 36.8 Å². The second kappa shape index (κ2) is 5.67. The number of rotatable bonds is 2. The van der Waals surface area contributed by atoms with Crippen LogP contribution in [0.1, 0.15) is 34.1 Å². The second-order valence-electron chi connectivity index (χ2n) is 8.92. The number of hydrogen-bond donors (Lipinski definition) is 1. The van der Waals surface area contributed by atoms with Crippen molar-refractivity contribution in [3.8, 4) is 0 Å². The quantitative estimate of drug-likeness (QED) is 0.796. The van der Waals surface area contributed by atoms with Crippen molar-refractivity contribution in [1.29, 1.82) is 0 Å². The Morgan fingerprint density at radius 2 is 1.89 bits per heavy atom. The number of aliphatic hydroxyl groups is 1. The van der Waals surface area contributed by atoms with Crippen LogP contribution >= 0.6 is 0 Å². The summed E-state index contributed by atoms with van der Waals surface area (Å²) in [6, 6.07) is 0. The van der Waals surface area contributed by atoms with Crippen LogP contribution in [0.4, 0.5) is 0 Å². The predicted octanol–water partition coefficient (Wildman–Crippen LogP) is 2.22. The van der Waals surface area contributed by atoms with Crippen LogP contribution in [-0.4, -0.2) is 43.3 Å². The lowest BCUT2D eigenvalue weighted by Crippen LogP contribution is -2.65. The molecule has 1 aliphatic heterocycles. The second-order valence-corrected chi connectivity index (χ2v) is 8.92. The SMILES string of the molecule is COC1=C[C@@H](C)[C@@H]2C[C@H]3O[C@@H](O)[C@H]4C(C)=C(OC)C(=O)[C@H]([C@@]2(C)C1=O)[C@]43C. The Balaban J connectivity index is 1.98. The van der Waals surface area contributed by atoms with Gasteiger partial charge in [0, 0.05) is 22.7 Å². The third kappa shape index (κ3) is 1.98. The van der Waals surface area contributed by atoms with Gasteiger partial charge in [0.1, 0.15) is 0 Å². The number of methoxy groups -OCH3 is 2. The largest absolute Gasteiger partial charge is 0.493 e. The highest BCUT2D eigenvalue weighted by molar-refractivity contribution is 6.07. The molecule has 0 aromatic rings. The highest BCUT2D eigenvalue weighted by Crippen LogP contribution is 2.68. The van der Waals surface area contributed by atoms with Gasteiger partial charge in [-0.25, -0.2) is 0 Å². The first kappa shape index (κ1) is 18.7. The number of carbonyl (C=O) groups excluding carboxylic acids is 2. The molecule has 0 aromatic heterocycles. The summed E-state index contributed by atoms with van der Waals surface area (Å²) in [7, 11) is 2.96. The summed E-state index contributed by atoms with van der Waals surface area (Å²) >= 11 is 0. The maximum Gasteiger partial charge on any atom is 0.203 e. The van der Waals surface area contributed by atoms with Crippen molar-refractivity contribution in [3.05, 3.63) is 23.2 Å². The van der Waals surface area contributed by atoms with Crippen molar-refractivity contribution < 1.29 is 28.9 Å². The molecular weight excluding hydrogens is 348 g/mol. The molecule has 1 N–H and O–H groups in total. The van der Waals surface area contributed by atoms with Crippen LogP contribution in [0.25, 0.3) is 0 Å². The number of ketones is 2. The Hall–Kier alpha value is -1.66. The Morgan fingerprint density at radius 3 is 2.48 bits per heavy atom. The molecule has 6 nitrogen and oxygen atoms in total. The van der Waals surface area contributed by atoms with E-state index in [2.05, 4.69) is 0 Å². The van der Waals surface area contributed by atoms with E-state index >= 15 is 0 Å². The highest BCUT2D eigenvalue weighted by Gasteiger charge is 2.73. The van der Waals surface area contributed by atoms with Crippen LogP contribution in [0, 0.1) is 34.5 Å². The Bertz CT molecular complexity index is 782. The number of carbonyl (C=O) groups is 2. The molecule has 1 saturated carbocycles. The fraction of sp³-hybridized carbons (Fsp3) is 0.714. The molecule has 4 aliphatic rings. The summed E-state index contributed by atoms with van der Waals surface area (Å²) in [5, 5.41) is 10.7. The molecule has 1 saturated heterocycles. The number of aliphatic hydroxyl groups excluding tert-OH is 1. The minimum absolute atomic E-state index is 0.0535. The number of hydrogen-bond acceptors (Lipinski definition) is 6. The van der Waals surface area contributed by atoms with Gasteiger partial charge in [0.2, 0.25) is 11.6 Å². The zero-order chi connectivity index (χ0) is 19.9. The van der Waals surface area contributed by atoms with Crippen molar-refractivity contribution in [2.24, 2.45) is 34.5 Å². The molecule has 0 amide bonds. The molecule has 0 radical (unpaired) electrons. The lowest BCUT2D eigenvalue weighted by atomic mass is 9.41.